The van der Waals surface area contributed by atoms with Gasteiger partial charge in [-0.25, -0.2) is 0 Å². The summed E-state index contributed by atoms with van der Waals surface area (Å²) in [6, 6.07) is 11.5. The predicted octanol–water partition coefficient (Wildman–Crippen LogP) is 2.31. The summed E-state index contributed by atoms with van der Waals surface area (Å²) >= 11 is 0. The summed E-state index contributed by atoms with van der Waals surface area (Å²) in [5.41, 5.74) is 1.36. The Bertz CT molecular complexity index is 816. The fourth-order valence-electron chi connectivity index (χ4n) is 2.08. The highest BCUT2D eigenvalue weighted by Crippen LogP contribution is 2.21. The third-order valence-electron chi connectivity index (χ3n) is 3.23. The van der Waals surface area contributed by atoms with Crippen molar-refractivity contribution >= 4 is 12.0 Å². The number of rotatable bonds is 6. The lowest BCUT2D eigenvalue weighted by atomic mass is 10.1. The van der Waals surface area contributed by atoms with E-state index in [0.717, 1.165) is 5.69 Å². The quantitative estimate of drug-likeness (QED) is 0.427. The number of phenolic OH excluding ortho intramolecular Hbond substituents is 2. The van der Waals surface area contributed by atoms with Gasteiger partial charge in [0.15, 0.2) is 0 Å². The van der Waals surface area contributed by atoms with Crippen molar-refractivity contribution < 1.29 is 15.0 Å². The van der Waals surface area contributed by atoms with E-state index in [1.54, 1.807) is 12.3 Å². The summed E-state index contributed by atoms with van der Waals surface area (Å²) in [5, 5.41) is 30.6. The number of nitriles is 1. The second-order valence-electron chi connectivity index (χ2n) is 5.16. The molecule has 0 aliphatic carbocycles. The van der Waals surface area contributed by atoms with Gasteiger partial charge in [0.25, 0.3) is 5.91 Å². The number of allylic oxidation sites excluding steroid dienone is 2. The van der Waals surface area contributed by atoms with E-state index >= 15 is 0 Å². The van der Waals surface area contributed by atoms with Crippen LogP contribution in [0.15, 0.2) is 60.3 Å². The third-order valence-corrected chi connectivity index (χ3v) is 3.23. The Labute approximate surface area is 145 Å². The molecule has 1 amide bonds. The molecule has 1 aromatic carbocycles. The van der Waals surface area contributed by atoms with Crippen molar-refractivity contribution in [3.8, 4) is 17.6 Å². The van der Waals surface area contributed by atoms with Crippen molar-refractivity contribution in [1.29, 1.82) is 5.26 Å². The second kappa shape index (κ2) is 8.89. The number of phenols is 2. The Morgan fingerprint density at radius 1 is 1.24 bits per heavy atom. The minimum absolute atomic E-state index is 0.0401. The molecular weight excluding hydrogens is 318 g/mol. The van der Waals surface area contributed by atoms with Crippen LogP contribution < -0.4 is 5.32 Å². The van der Waals surface area contributed by atoms with Gasteiger partial charge in [-0.1, -0.05) is 18.2 Å². The number of carbonyl (C=O) groups is 1. The van der Waals surface area contributed by atoms with E-state index in [1.165, 1.54) is 30.4 Å². The van der Waals surface area contributed by atoms with Gasteiger partial charge in [-0.05, 0) is 35.9 Å². The molecule has 0 saturated carbocycles. The Morgan fingerprint density at radius 2 is 2.00 bits per heavy atom. The first-order chi connectivity index (χ1) is 12.1. The standard InChI is InChI=1S/C19H17N3O3/c20-13-15(5-3-4-14-10-17(23)12-18(24)11-14)19(25)22-9-7-16-6-1-2-8-21-16/h1-6,8,10-12,23-24H,7,9H2,(H,22,25). The smallest absolute Gasteiger partial charge is 0.261 e. The second-order valence-corrected chi connectivity index (χ2v) is 5.16. The fourth-order valence-corrected chi connectivity index (χ4v) is 2.08. The molecule has 0 saturated heterocycles. The van der Waals surface area contributed by atoms with Gasteiger partial charge in [-0.2, -0.15) is 5.26 Å². The van der Waals surface area contributed by atoms with E-state index in [2.05, 4.69) is 10.3 Å². The molecule has 6 heteroatoms. The van der Waals surface area contributed by atoms with Crippen LogP contribution in [0.4, 0.5) is 0 Å². The van der Waals surface area contributed by atoms with Crippen molar-refractivity contribution in [3.63, 3.8) is 0 Å². The minimum atomic E-state index is -0.471. The number of nitrogens with zero attached hydrogens (tertiary/aromatic N) is 2. The molecule has 1 heterocycles. The average Bonchev–Trinajstić information content (AvgIpc) is 2.59. The molecule has 0 atom stereocenters. The van der Waals surface area contributed by atoms with Gasteiger partial charge in [0.2, 0.25) is 0 Å². The maximum absolute atomic E-state index is 12.0. The van der Waals surface area contributed by atoms with Crippen molar-refractivity contribution in [2.45, 2.75) is 6.42 Å². The summed E-state index contributed by atoms with van der Waals surface area (Å²) in [7, 11) is 0. The SMILES string of the molecule is N#CC(=CC=Cc1cc(O)cc(O)c1)C(=O)NCCc1ccccn1. The molecule has 1 aromatic heterocycles. The molecular formula is C19H17N3O3. The highest BCUT2D eigenvalue weighted by molar-refractivity contribution is 5.97. The van der Waals surface area contributed by atoms with Crippen LogP contribution in [-0.4, -0.2) is 27.6 Å². The van der Waals surface area contributed by atoms with Gasteiger partial charge in [0, 0.05) is 30.9 Å². The number of carbonyl (C=O) groups excluding carboxylic acids is 1. The molecule has 0 spiro atoms. The van der Waals surface area contributed by atoms with Crippen molar-refractivity contribution in [3.05, 3.63) is 71.6 Å². The Kier molecular flexibility index (Phi) is 6.32. The maximum atomic E-state index is 12.0. The molecule has 2 rings (SSSR count). The van der Waals surface area contributed by atoms with E-state index in [9.17, 15) is 15.0 Å². The number of aromatic nitrogens is 1. The summed E-state index contributed by atoms with van der Waals surface area (Å²) in [5.74, 6) is -0.616. The molecule has 6 nitrogen and oxygen atoms in total. The number of aromatic hydroxyl groups is 2. The van der Waals surface area contributed by atoms with Crippen LogP contribution in [0, 0.1) is 11.3 Å². The zero-order chi connectivity index (χ0) is 18.1. The summed E-state index contributed by atoms with van der Waals surface area (Å²) < 4.78 is 0. The first-order valence-corrected chi connectivity index (χ1v) is 7.58. The Morgan fingerprint density at radius 3 is 2.64 bits per heavy atom. The normalized spacial score (nSPS) is 11.2. The third kappa shape index (κ3) is 5.84. The van der Waals surface area contributed by atoms with Crippen LogP contribution in [0.25, 0.3) is 6.08 Å². The van der Waals surface area contributed by atoms with Gasteiger partial charge in [-0.15, -0.1) is 0 Å². The minimum Gasteiger partial charge on any atom is -0.508 e. The number of amides is 1. The van der Waals surface area contributed by atoms with E-state index in [4.69, 9.17) is 5.26 Å². The average molecular weight is 335 g/mol. The van der Waals surface area contributed by atoms with Gasteiger partial charge in [-0.3, -0.25) is 9.78 Å². The molecule has 0 radical (unpaired) electrons. The van der Waals surface area contributed by atoms with Crippen LogP contribution in [0.2, 0.25) is 0 Å². The number of nitrogens with one attached hydrogen (secondary N) is 1. The number of hydrogen-bond donors (Lipinski definition) is 3. The summed E-state index contributed by atoms with van der Waals surface area (Å²) in [6.45, 7) is 0.374. The molecule has 25 heavy (non-hydrogen) atoms. The molecule has 126 valence electrons. The molecule has 0 bridgehead atoms. The van der Waals surface area contributed by atoms with Gasteiger partial charge in [0.1, 0.15) is 23.1 Å². The largest absolute Gasteiger partial charge is 0.508 e. The van der Waals surface area contributed by atoms with Crippen molar-refractivity contribution in [2.24, 2.45) is 0 Å². The van der Waals surface area contributed by atoms with Gasteiger partial charge < -0.3 is 15.5 Å². The van der Waals surface area contributed by atoms with Crippen molar-refractivity contribution in [1.82, 2.24) is 10.3 Å². The zero-order valence-corrected chi connectivity index (χ0v) is 13.4. The van der Waals surface area contributed by atoms with Gasteiger partial charge >= 0.3 is 0 Å². The van der Waals surface area contributed by atoms with Crippen LogP contribution in [0.1, 0.15) is 11.3 Å². The Hall–Kier alpha value is -3.59. The zero-order valence-electron chi connectivity index (χ0n) is 13.4. The van der Waals surface area contributed by atoms with Gasteiger partial charge in [0.05, 0.1) is 0 Å². The highest BCUT2D eigenvalue weighted by Gasteiger charge is 2.07. The number of pyridine rings is 1. The first kappa shape index (κ1) is 17.8. The molecule has 0 fully saturated rings. The summed E-state index contributed by atoms with van der Waals surface area (Å²) in [6.07, 6.45) is 6.70. The number of hydrogen-bond acceptors (Lipinski definition) is 5. The van der Waals surface area contributed by atoms with E-state index in [0.29, 0.717) is 18.5 Å². The lowest BCUT2D eigenvalue weighted by Crippen LogP contribution is -2.26. The molecule has 0 aliphatic heterocycles. The molecule has 2 aromatic rings. The van der Waals surface area contributed by atoms with Crippen molar-refractivity contribution in [2.75, 3.05) is 6.54 Å². The molecule has 0 aliphatic rings. The van der Waals surface area contributed by atoms with E-state index in [1.807, 2.05) is 24.3 Å². The molecule has 3 N–H and O–H groups in total. The van der Waals surface area contributed by atoms with Crippen LogP contribution >= 0.6 is 0 Å². The predicted molar refractivity (Wildman–Crippen MR) is 93.5 cm³/mol. The highest BCUT2D eigenvalue weighted by atomic mass is 16.3. The van der Waals surface area contributed by atoms with Crippen LogP contribution in [0.3, 0.4) is 0 Å². The molecule has 0 unspecified atom stereocenters. The van der Waals surface area contributed by atoms with E-state index < -0.39 is 5.91 Å². The monoisotopic (exact) mass is 335 g/mol. The Balaban J connectivity index is 1.93. The lowest BCUT2D eigenvalue weighted by Gasteiger charge is -2.03. The lowest BCUT2D eigenvalue weighted by molar-refractivity contribution is -0.117. The van der Waals surface area contributed by atoms with Crippen LogP contribution in [-0.2, 0) is 11.2 Å². The summed E-state index contributed by atoms with van der Waals surface area (Å²) in [4.78, 5) is 16.1. The maximum Gasteiger partial charge on any atom is 0.261 e. The topological polar surface area (TPSA) is 106 Å². The van der Waals surface area contributed by atoms with E-state index in [-0.39, 0.29) is 17.1 Å². The first-order valence-electron chi connectivity index (χ1n) is 7.58. The van der Waals surface area contributed by atoms with Crippen LogP contribution in [0.5, 0.6) is 11.5 Å². The fraction of sp³-hybridized carbons (Fsp3) is 0.105. The number of benzene rings is 1.